The molecule has 0 spiro atoms. The van der Waals surface area contributed by atoms with Crippen LogP contribution in [0.1, 0.15) is 24.0 Å². The Morgan fingerprint density at radius 3 is 2.67 bits per heavy atom. The normalized spacial score (nSPS) is 13.7. The van der Waals surface area contributed by atoms with Crippen molar-refractivity contribution in [2.75, 3.05) is 11.9 Å². The Morgan fingerprint density at radius 1 is 1.19 bits per heavy atom. The van der Waals surface area contributed by atoms with Gasteiger partial charge in [0, 0.05) is 24.0 Å². The van der Waals surface area contributed by atoms with Gasteiger partial charge in [-0.3, -0.25) is 10.2 Å². The summed E-state index contributed by atoms with van der Waals surface area (Å²) in [5.41, 5.74) is 2.05. The van der Waals surface area contributed by atoms with Crippen LogP contribution in [0.2, 0.25) is 0 Å². The van der Waals surface area contributed by atoms with Crippen LogP contribution in [0, 0.1) is 5.82 Å². The monoisotopic (exact) mass is 370 g/mol. The fraction of sp³-hybridized carbons (Fsp3) is 0.200. The SMILES string of the molecule is O=C(Nc1ccc(C2=CN(C(=O)O)CCC2)c(F)c1)OCc1ccccc1. The largest absolute Gasteiger partial charge is 0.465 e. The molecule has 140 valence electrons. The van der Waals surface area contributed by atoms with Gasteiger partial charge in [0.05, 0.1) is 0 Å². The molecule has 1 aliphatic rings. The second-order valence-electron chi connectivity index (χ2n) is 6.12. The van der Waals surface area contributed by atoms with Gasteiger partial charge in [-0.2, -0.15) is 0 Å². The summed E-state index contributed by atoms with van der Waals surface area (Å²) in [4.78, 5) is 24.1. The third kappa shape index (κ3) is 4.84. The zero-order valence-corrected chi connectivity index (χ0v) is 14.5. The molecule has 1 aliphatic heterocycles. The number of benzene rings is 2. The average molecular weight is 370 g/mol. The Kier molecular flexibility index (Phi) is 5.71. The molecule has 6 nitrogen and oxygen atoms in total. The lowest BCUT2D eigenvalue weighted by atomic mass is 9.98. The van der Waals surface area contributed by atoms with Crippen LogP contribution < -0.4 is 5.32 Å². The Bertz CT molecular complexity index is 868. The van der Waals surface area contributed by atoms with Gasteiger partial charge in [0.2, 0.25) is 0 Å². The predicted molar refractivity (Wildman–Crippen MR) is 98.6 cm³/mol. The van der Waals surface area contributed by atoms with E-state index in [0.29, 0.717) is 30.5 Å². The molecule has 0 fully saturated rings. The summed E-state index contributed by atoms with van der Waals surface area (Å²) in [6.07, 6.45) is 0.925. The fourth-order valence-corrected chi connectivity index (χ4v) is 2.84. The summed E-state index contributed by atoms with van der Waals surface area (Å²) in [6.45, 7) is 0.512. The number of carboxylic acid groups (broad SMARTS) is 1. The maximum atomic E-state index is 14.5. The van der Waals surface area contributed by atoms with Crippen LogP contribution in [0.15, 0.2) is 54.7 Å². The molecule has 2 N–H and O–H groups in total. The van der Waals surface area contributed by atoms with E-state index in [1.165, 1.54) is 18.3 Å². The minimum atomic E-state index is -1.06. The third-order valence-electron chi connectivity index (χ3n) is 4.18. The van der Waals surface area contributed by atoms with Crippen molar-refractivity contribution in [3.63, 3.8) is 0 Å². The molecule has 0 saturated heterocycles. The first-order valence-corrected chi connectivity index (χ1v) is 8.51. The lowest BCUT2D eigenvalue weighted by molar-refractivity contribution is 0.155. The second kappa shape index (κ2) is 8.35. The number of nitrogens with zero attached hydrogens (tertiary/aromatic N) is 1. The molecular formula is C20H19FN2O4. The van der Waals surface area contributed by atoms with E-state index >= 15 is 0 Å². The van der Waals surface area contributed by atoms with Crippen LogP contribution in [0.4, 0.5) is 19.7 Å². The highest BCUT2D eigenvalue weighted by Gasteiger charge is 2.19. The fourth-order valence-electron chi connectivity index (χ4n) is 2.84. The summed E-state index contributed by atoms with van der Waals surface area (Å²) >= 11 is 0. The maximum Gasteiger partial charge on any atom is 0.411 e. The first-order valence-electron chi connectivity index (χ1n) is 8.51. The van der Waals surface area contributed by atoms with E-state index in [4.69, 9.17) is 9.84 Å². The van der Waals surface area contributed by atoms with E-state index in [2.05, 4.69) is 5.32 Å². The van der Waals surface area contributed by atoms with Gasteiger partial charge in [0.25, 0.3) is 0 Å². The summed E-state index contributed by atoms with van der Waals surface area (Å²) in [7, 11) is 0. The molecule has 0 saturated carbocycles. The number of hydrogen-bond donors (Lipinski definition) is 2. The van der Waals surface area contributed by atoms with Crippen LogP contribution in [0.3, 0.4) is 0 Å². The quantitative estimate of drug-likeness (QED) is 0.818. The average Bonchev–Trinajstić information content (AvgIpc) is 2.67. The van der Waals surface area contributed by atoms with Crippen molar-refractivity contribution >= 4 is 23.4 Å². The topological polar surface area (TPSA) is 78.9 Å². The Balaban J connectivity index is 1.64. The summed E-state index contributed by atoms with van der Waals surface area (Å²) in [5, 5.41) is 11.6. The molecule has 1 heterocycles. The first kappa shape index (κ1) is 18.4. The number of allylic oxidation sites excluding steroid dienone is 1. The van der Waals surface area contributed by atoms with E-state index < -0.39 is 18.0 Å². The van der Waals surface area contributed by atoms with Gasteiger partial charge < -0.3 is 9.84 Å². The van der Waals surface area contributed by atoms with Gasteiger partial charge >= 0.3 is 12.2 Å². The molecule has 0 radical (unpaired) electrons. The standard InChI is InChI=1S/C20H19FN2O4/c21-18-11-16(22-19(24)27-13-14-5-2-1-3-6-14)8-9-17(18)15-7-4-10-23(12-15)20(25)26/h1-3,5-6,8-9,11-12H,4,7,10,13H2,(H,22,24)(H,25,26). The molecular weight excluding hydrogens is 351 g/mol. The zero-order chi connectivity index (χ0) is 19.2. The van der Waals surface area contributed by atoms with Crippen molar-refractivity contribution in [1.82, 2.24) is 4.90 Å². The van der Waals surface area contributed by atoms with Crippen LogP contribution in [0.25, 0.3) is 5.57 Å². The molecule has 2 amide bonds. The molecule has 27 heavy (non-hydrogen) atoms. The van der Waals surface area contributed by atoms with Crippen LogP contribution >= 0.6 is 0 Å². The number of amides is 2. The van der Waals surface area contributed by atoms with Crippen molar-refractivity contribution in [2.45, 2.75) is 19.4 Å². The predicted octanol–water partition coefficient (Wildman–Crippen LogP) is 4.69. The molecule has 0 unspecified atom stereocenters. The number of hydrogen-bond acceptors (Lipinski definition) is 3. The highest BCUT2D eigenvalue weighted by Crippen LogP contribution is 2.28. The number of nitrogens with one attached hydrogen (secondary N) is 1. The third-order valence-corrected chi connectivity index (χ3v) is 4.18. The molecule has 7 heteroatoms. The highest BCUT2D eigenvalue weighted by molar-refractivity contribution is 5.85. The number of rotatable bonds is 4. The number of carbonyl (C=O) groups excluding carboxylic acids is 1. The highest BCUT2D eigenvalue weighted by atomic mass is 19.1. The van der Waals surface area contributed by atoms with Crippen molar-refractivity contribution in [3.8, 4) is 0 Å². The van der Waals surface area contributed by atoms with Gasteiger partial charge in [-0.15, -0.1) is 0 Å². The van der Waals surface area contributed by atoms with Crippen molar-refractivity contribution < 1.29 is 23.8 Å². The van der Waals surface area contributed by atoms with E-state index in [9.17, 15) is 14.0 Å². The van der Waals surface area contributed by atoms with E-state index in [0.717, 1.165) is 10.5 Å². The van der Waals surface area contributed by atoms with Gasteiger partial charge in [-0.1, -0.05) is 30.3 Å². The van der Waals surface area contributed by atoms with E-state index in [-0.39, 0.29) is 12.3 Å². The number of carbonyl (C=O) groups is 2. The van der Waals surface area contributed by atoms with Gasteiger partial charge in [0.15, 0.2) is 0 Å². The van der Waals surface area contributed by atoms with Crippen molar-refractivity contribution in [1.29, 1.82) is 0 Å². The van der Waals surface area contributed by atoms with Crippen molar-refractivity contribution in [2.24, 2.45) is 0 Å². The number of halogens is 1. The lowest BCUT2D eigenvalue weighted by Gasteiger charge is -2.23. The van der Waals surface area contributed by atoms with Crippen LogP contribution in [-0.4, -0.2) is 28.7 Å². The molecule has 3 rings (SSSR count). The number of ether oxygens (including phenoxy) is 1. The lowest BCUT2D eigenvalue weighted by Crippen LogP contribution is -2.27. The summed E-state index contributed by atoms with van der Waals surface area (Å²) in [6, 6.07) is 13.5. The van der Waals surface area contributed by atoms with Crippen LogP contribution in [-0.2, 0) is 11.3 Å². The van der Waals surface area contributed by atoms with E-state index in [1.807, 2.05) is 30.3 Å². The first-order chi connectivity index (χ1) is 13.0. The zero-order valence-electron chi connectivity index (χ0n) is 14.5. The van der Waals surface area contributed by atoms with Gasteiger partial charge in [-0.25, -0.2) is 14.0 Å². The smallest absolute Gasteiger partial charge is 0.411 e. The Hall–Kier alpha value is -3.35. The number of anilines is 1. The molecule has 0 aliphatic carbocycles. The molecule has 0 bridgehead atoms. The minimum Gasteiger partial charge on any atom is -0.465 e. The van der Waals surface area contributed by atoms with Gasteiger partial charge in [-0.05, 0) is 42.2 Å². The molecule has 0 atom stereocenters. The van der Waals surface area contributed by atoms with E-state index in [1.54, 1.807) is 6.07 Å². The summed E-state index contributed by atoms with van der Waals surface area (Å²) in [5.74, 6) is -0.533. The summed E-state index contributed by atoms with van der Waals surface area (Å²) < 4.78 is 19.6. The van der Waals surface area contributed by atoms with Crippen molar-refractivity contribution in [3.05, 3.63) is 71.7 Å². The molecule has 2 aromatic rings. The molecule has 2 aromatic carbocycles. The minimum absolute atomic E-state index is 0.116. The Morgan fingerprint density at radius 2 is 1.96 bits per heavy atom. The second-order valence-corrected chi connectivity index (χ2v) is 6.12. The van der Waals surface area contributed by atoms with Gasteiger partial charge in [0.1, 0.15) is 12.4 Å². The van der Waals surface area contributed by atoms with Crippen LogP contribution in [0.5, 0.6) is 0 Å². The Labute approximate surface area is 155 Å². The maximum absolute atomic E-state index is 14.5. The molecule has 0 aromatic heterocycles.